The monoisotopic (exact) mass is 493 g/mol. The molecule has 0 amide bonds. The van der Waals surface area contributed by atoms with E-state index < -0.39 is 5.92 Å². The van der Waals surface area contributed by atoms with E-state index in [0.717, 1.165) is 111 Å². The summed E-state index contributed by atoms with van der Waals surface area (Å²) in [5.41, 5.74) is 2.45. The van der Waals surface area contributed by atoms with Crippen LogP contribution in [0.2, 0.25) is 0 Å². The van der Waals surface area contributed by atoms with Gasteiger partial charge < -0.3 is 9.84 Å². The Morgan fingerprint density at radius 1 is 0.833 bits per heavy atom. The molecule has 0 fully saturated rings. The number of carbonyl (C=O) groups excluding carboxylic acids is 1. The second-order valence-electron chi connectivity index (χ2n) is 10.2. The van der Waals surface area contributed by atoms with E-state index in [0.29, 0.717) is 12.0 Å². The number of Topliss-reactive ketones (excluding diaryl/α,β-unsaturated/α-hetero) is 1. The lowest BCUT2D eigenvalue weighted by molar-refractivity contribution is -0.121. The van der Waals surface area contributed by atoms with Crippen LogP contribution in [0, 0.1) is 5.92 Å². The Bertz CT molecular complexity index is 972. The third-order valence-electron chi connectivity index (χ3n) is 6.92. The van der Waals surface area contributed by atoms with E-state index >= 15 is 0 Å². The minimum absolute atomic E-state index is 0.0181. The van der Waals surface area contributed by atoms with Crippen molar-refractivity contribution in [1.29, 1.82) is 0 Å². The maximum absolute atomic E-state index is 13.1. The van der Waals surface area contributed by atoms with Crippen molar-refractivity contribution in [2.75, 3.05) is 0 Å². The fraction of sp³-hybridized carbons (Fsp3) is 0.562. The fourth-order valence-corrected chi connectivity index (χ4v) is 4.71. The summed E-state index contributed by atoms with van der Waals surface area (Å²) in [7, 11) is 0. The van der Waals surface area contributed by atoms with Crippen LogP contribution >= 0.6 is 0 Å². The number of hydrogen-bond acceptors (Lipinski definition) is 3. The van der Waals surface area contributed by atoms with Crippen molar-refractivity contribution in [3.8, 4) is 0 Å². The largest absolute Gasteiger partial charge is 0.511 e. The molecule has 0 aromatic carbocycles. The van der Waals surface area contributed by atoms with E-state index in [4.69, 9.17) is 9.15 Å². The summed E-state index contributed by atoms with van der Waals surface area (Å²) >= 11 is 0. The van der Waals surface area contributed by atoms with Gasteiger partial charge in [-0.2, -0.15) is 0 Å². The number of aryl methyl sites for hydroxylation is 2. The minimum atomic E-state index is -0.468. The van der Waals surface area contributed by atoms with E-state index in [-0.39, 0.29) is 11.5 Å². The number of aliphatic hydroxyl groups is 1. The molecule has 0 spiro atoms. The van der Waals surface area contributed by atoms with Crippen molar-refractivity contribution in [3.05, 3.63) is 75.9 Å². The second kappa shape index (κ2) is 14.2. The van der Waals surface area contributed by atoms with Gasteiger partial charge in [-0.05, 0) is 61.5 Å². The molecule has 1 aliphatic heterocycles. The van der Waals surface area contributed by atoms with E-state index in [1.807, 2.05) is 18.2 Å². The summed E-state index contributed by atoms with van der Waals surface area (Å²) in [6.45, 7) is 8.70. The van der Waals surface area contributed by atoms with E-state index in [2.05, 4.69) is 39.8 Å². The first-order valence-corrected chi connectivity index (χ1v) is 14.2. The average Bonchev–Trinajstić information content (AvgIpc) is 2.89. The van der Waals surface area contributed by atoms with E-state index in [1.54, 1.807) is 0 Å². The van der Waals surface area contributed by atoms with Crippen LogP contribution in [0.1, 0.15) is 109 Å². The summed E-state index contributed by atoms with van der Waals surface area (Å²) < 4.78 is 12.2. The molecule has 1 N–H and O–H groups in total. The van der Waals surface area contributed by atoms with Gasteiger partial charge in [-0.3, -0.25) is 4.79 Å². The molecule has 0 bridgehead atoms. The number of allylic oxidation sites excluding steroid dienone is 8. The molecule has 1 aromatic heterocycles. The Hall–Kier alpha value is -2.62. The third-order valence-corrected chi connectivity index (χ3v) is 6.92. The predicted molar refractivity (Wildman–Crippen MR) is 147 cm³/mol. The lowest BCUT2D eigenvalue weighted by Gasteiger charge is -2.27. The summed E-state index contributed by atoms with van der Waals surface area (Å²) in [6.07, 6.45) is 18.7. The zero-order valence-electron chi connectivity index (χ0n) is 22.8. The average molecular weight is 494 g/mol. The van der Waals surface area contributed by atoms with Crippen LogP contribution in [0.15, 0.2) is 63.2 Å². The van der Waals surface area contributed by atoms with Gasteiger partial charge in [-0.25, -0.2) is 4.42 Å². The molecule has 4 heteroatoms. The highest BCUT2D eigenvalue weighted by atomic mass is 16.5. The topological polar surface area (TPSA) is 57.8 Å². The number of hydrogen-bond donors (Lipinski definition) is 1. The molecule has 36 heavy (non-hydrogen) atoms. The van der Waals surface area contributed by atoms with Crippen molar-refractivity contribution in [2.45, 2.75) is 111 Å². The summed E-state index contributed by atoms with van der Waals surface area (Å²) in [5, 5.41) is 10.9. The van der Waals surface area contributed by atoms with Gasteiger partial charge in [-0.1, -0.05) is 53.4 Å². The number of carbonyl (C=O) groups is 1. The molecule has 1 aromatic rings. The van der Waals surface area contributed by atoms with Gasteiger partial charge >= 0.3 is 11.5 Å². The quantitative estimate of drug-likeness (QED) is 0.248. The molecular formula is C32H45O4+. The van der Waals surface area contributed by atoms with Crippen LogP contribution in [0.25, 0.3) is 0 Å². The van der Waals surface area contributed by atoms with Crippen LogP contribution in [0.5, 0.6) is 0 Å². The van der Waals surface area contributed by atoms with Crippen LogP contribution < -0.4 is 0 Å². The van der Waals surface area contributed by atoms with Crippen LogP contribution in [-0.4, -0.2) is 10.9 Å². The first-order valence-electron chi connectivity index (χ1n) is 14.2. The first kappa shape index (κ1) is 28.0. The van der Waals surface area contributed by atoms with E-state index in [1.165, 1.54) is 0 Å². The Kier molecular flexibility index (Phi) is 11.0. The molecule has 1 aliphatic carbocycles. The SMILES string of the molecule is CCCCC1=CC(=CC2=C(O)C(Cc3cc(CCCC)[o+]c(CCCC)c3)C2=O)C=C(CCCC)O1. The molecule has 1 atom stereocenters. The van der Waals surface area contributed by atoms with Gasteiger partial charge in [0.05, 0.1) is 24.3 Å². The van der Waals surface area contributed by atoms with Crippen molar-refractivity contribution < 1.29 is 19.1 Å². The third kappa shape index (κ3) is 7.69. The van der Waals surface area contributed by atoms with Gasteiger partial charge in [0, 0.05) is 25.0 Å². The van der Waals surface area contributed by atoms with Crippen molar-refractivity contribution >= 4 is 5.78 Å². The number of ether oxygens (including phenoxy) is 1. The van der Waals surface area contributed by atoms with Crippen LogP contribution in [-0.2, 0) is 28.8 Å². The molecule has 0 radical (unpaired) electrons. The highest BCUT2D eigenvalue weighted by Crippen LogP contribution is 2.35. The molecule has 2 aliphatic rings. The van der Waals surface area contributed by atoms with Gasteiger partial charge in [0.2, 0.25) is 0 Å². The maximum atomic E-state index is 13.1. The first-order chi connectivity index (χ1) is 17.5. The highest BCUT2D eigenvalue weighted by Gasteiger charge is 2.39. The minimum Gasteiger partial charge on any atom is -0.511 e. The lowest BCUT2D eigenvalue weighted by Crippen LogP contribution is -2.32. The summed E-state index contributed by atoms with van der Waals surface area (Å²) in [5.74, 6) is 3.62. The number of unbranched alkanes of at least 4 members (excludes halogenated alkanes) is 4. The molecule has 4 nitrogen and oxygen atoms in total. The highest BCUT2D eigenvalue weighted by molar-refractivity contribution is 6.08. The zero-order valence-corrected chi connectivity index (χ0v) is 22.8. The van der Waals surface area contributed by atoms with Gasteiger partial charge in [0.25, 0.3) is 0 Å². The van der Waals surface area contributed by atoms with Gasteiger partial charge in [-0.15, -0.1) is 0 Å². The molecular weight excluding hydrogens is 448 g/mol. The van der Waals surface area contributed by atoms with Crippen LogP contribution in [0.4, 0.5) is 0 Å². The molecule has 196 valence electrons. The summed E-state index contributed by atoms with van der Waals surface area (Å²) in [6, 6.07) is 4.15. The Labute approximate surface area is 217 Å². The smallest absolute Gasteiger partial charge is 0.329 e. The molecule has 2 heterocycles. The number of aliphatic hydroxyl groups excluding tert-OH is 1. The summed E-state index contributed by atoms with van der Waals surface area (Å²) in [4.78, 5) is 13.1. The van der Waals surface area contributed by atoms with E-state index in [9.17, 15) is 9.90 Å². The van der Waals surface area contributed by atoms with Crippen molar-refractivity contribution in [1.82, 2.24) is 0 Å². The zero-order chi connectivity index (χ0) is 25.9. The Balaban J connectivity index is 1.80. The van der Waals surface area contributed by atoms with Gasteiger partial charge in [0.15, 0.2) is 5.78 Å². The molecule has 3 rings (SSSR count). The fourth-order valence-electron chi connectivity index (χ4n) is 4.71. The Morgan fingerprint density at radius 2 is 1.33 bits per heavy atom. The second-order valence-corrected chi connectivity index (χ2v) is 10.2. The van der Waals surface area contributed by atoms with Crippen LogP contribution in [0.3, 0.4) is 0 Å². The Morgan fingerprint density at radius 3 is 1.81 bits per heavy atom. The number of rotatable bonds is 15. The predicted octanol–water partition coefficient (Wildman–Crippen LogP) is 8.90. The number of ketones is 1. The van der Waals surface area contributed by atoms with Gasteiger partial charge in [0.1, 0.15) is 17.3 Å². The molecule has 0 saturated heterocycles. The van der Waals surface area contributed by atoms with Crippen molar-refractivity contribution in [2.24, 2.45) is 5.92 Å². The molecule has 1 unspecified atom stereocenters. The molecule has 0 saturated carbocycles. The normalized spacial score (nSPS) is 17.5. The standard InChI is InChI=1S/C32H44O4/c1-5-9-13-25-17-23(18-26(35-25)14-10-6-2)21-29-31(33)30(32(29)34)22-24-19-27(15-11-7-3)36-28(20-24)16-12-8-4/h17-21,30H,5-16,22H2,1-4H3/p+1. The van der Waals surface area contributed by atoms with Crippen molar-refractivity contribution in [3.63, 3.8) is 0 Å². The maximum Gasteiger partial charge on any atom is 0.329 e. The lowest BCUT2D eigenvalue weighted by atomic mass is 9.77.